The summed E-state index contributed by atoms with van der Waals surface area (Å²) in [6, 6.07) is 10.8. The van der Waals surface area contributed by atoms with Gasteiger partial charge in [0.25, 0.3) is 5.91 Å². The fourth-order valence-corrected chi connectivity index (χ4v) is 7.19. The molecule has 1 aliphatic rings. The predicted octanol–water partition coefficient (Wildman–Crippen LogP) is 4.95. The van der Waals surface area contributed by atoms with Crippen LogP contribution in [-0.4, -0.2) is 35.8 Å². The first-order valence-electron chi connectivity index (χ1n) is 11.4. The standard InChI is InChI=1S/C24H28FN3O3S2/c1-3-15-27-22-20(25)9-7-10-21(22)32-24(27)26-23(29)17-11-13-19(14-12-17)33(30,31)28-16-6-5-8-18(28)4-2/h7,9-14,18H,3-6,8,15-16H2,1-2H3. The number of thiazole rings is 1. The van der Waals surface area contributed by atoms with Gasteiger partial charge in [0, 0.05) is 24.7 Å². The van der Waals surface area contributed by atoms with Crippen molar-refractivity contribution in [3.63, 3.8) is 0 Å². The Balaban J connectivity index is 1.65. The third-order valence-electron chi connectivity index (χ3n) is 6.05. The second kappa shape index (κ2) is 9.87. The number of halogens is 1. The molecule has 6 nitrogen and oxygen atoms in total. The molecule has 0 saturated carbocycles. The van der Waals surface area contributed by atoms with E-state index in [-0.39, 0.29) is 16.8 Å². The first kappa shape index (κ1) is 23.8. The Labute approximate surface area is 197 Å². The van der Waals surface area contributed by atoms with E-state index in [1.807, 2.05) is 19.9 Å². The first-order chi connectivity index (χ1) is 15.9. The predicted molar refractivity (Wildman–Crippen MR) is 128 cm³/mol. The Hall–Kier alpha value is -2.36. The number of nitrogens with zero attached hydrogens (tertiary/aromatic N) is 3. The molecular weight excluding hydrogens is 461 g/mol. The third-order valence-corrected chi connectivity index (χ3v) is 9.06. The highest BCUT2D eigenvalue weighted by Gasteiger charge is 2.32. The Bertz CT molecular complexity index is 1330. The van der Waals surface area contributed by atoms with E-state index in [0.29, 0.717) is 29.0 Å². The number of aromatic nitrogens is 1. The molecule has 2 aromatic carbocycles. The van der Waals surface area contributed by atoms with Gasteiger partial charge in [-0.2, -0.15) is 9.30 Å². The van der Waals surface area contributed by atoms with Crippen molar-refractivity contribution < 1.29 is 17.6 Å². The smallest absolute Gasteiger partial charge is 0.279 e. The summed E-state index contributed by atoms with van der Waals surface area (Å²) in [5, 5.41) is 0. The maximum absolute atomic E-state index is 14.4. The van der Waals surface area contributed by atoms with Gasteiger partial charge in [-0.3, -0.25) is 4.79 Å². The van der Waals surface area contributed by atoms with Crippen LogP contribution in [0.25, 0.3) is 10.2 Å². The van der Waals surface area contributed by atoms with Crippen molar-refractivity contribution in [2.24, 2.45) is 4.99 Å². The SMILES string of the molecule is CCCn1c(=NC(=O)c2ccc(S(=O)(=O)N3CCCCC3CC)cc2)sc2cccc(F)c21. The van der Waals surface area contributed by atoms with Crippen LogP contribution in [0.1, 0.15) is 56.3 Å². The number of aryl methyl sites for hydroxylation is 1. The van der Waals surface area contributed by atoms with Crippen LogP contribution in [0.2, 0.25) is 0 Å². The zero-order valence-corrected chi connectivity index (χ0v) is 20.5. The number of para-hydroxylation sites is 1. The van der Waals surface area contributed by atoms with Gasteiger partial charge >= 0.3 is 0 Å². The molecule has 1 unspecified atom stereocenters. The number of benzene rings is 2. The lowest BCUT2D eigenvalue weighted by Gasteiger charge is -2.34. The summed E-state index contributed by atoms with van der Waals surface area (Å²) < 4.78 is 44.8. The molecule has 1 aliphatic heterocycles. The molecule has 33 heavy (non-hydrogen) atoms. The van der Waals surface area contributed by atoms with Crippen LogP contribution in [0.3, 0.4) is 0 Å². The van der Waals surface area contributed by atoms with Crippen molar-refractivity contribution in [3.8, 4) is 0 Å². The molecule has 0 radical (unpaired) electrons. The van der Waals surface area contributed by atoms with Crippen molar-refractivity contribution in [1.82, 2.24) is 8.87 Å². The van der Waals surface area contributed by atoms with E-state index in [0.717, 1.165) is 36.8 Å². The molecule has 3 aromatic rings. The van der Waals surface area contributed by atoms with Crippen molar-refractivity contribution >= 4 is 37.5 Å². The van der Waals surface area contributed by atoms with Crippen molar-refractivity contribution in [1.29, 1.82) is 0 Å². The molecule has 176 valence electrons. The summed E-state index contributed by atoms with van der Waals surface area (Å²) in [4.78, 5) is 17.7. The monoisotopic (exact) mass is 489 g/mol. The number of fused-ring (bicyclic) bond motifs is 1. The van der Waals surface area contributed by atoms with E-state index in [9.17, 15) is 17.6 Å². The van der Waals surface area contributed by atoms with E-state index in [2.05, 4.69) is 4.99 Å². The van der Waals surface area contributed by atoms with Gasteiger partial charge in [-0.15, -0.1) is 0 Å². The van der Waals surface area contributed by atoms with Crippen LogP contribution in [0.4, 0.5) is 4.39 Å². The normalized spacial score (nSPS) is 18.2. The van der Waals surface area contributed by atoms with Gasteiger partial charge in [0.05, 0.1) is 15.1 Å². The van der Waals surface area contributed by atoms with Crippen LogP contribution < -0.4 is 4.80 Å². The summed E-state index contributed by atoms with van der Waals surface area (Å²) in [7, 11) is -3.61. The van der Waals surface area contributed by atoms with Gasteiger partial charge in [0.2, 0.25) is 10.0 Å². The number of hydrogen-bond acceptors (Lipinski definition) is 4. The second-order valence-corrected chi connectivity index (χ2v) is 11.1. The quantitative estimate of drug-likeness (QED) is 0.492. The van der Waals surface area contributed by atoms with Gasteiger partial charge < -0.3 is 4.57 Å². The topological polar surface area (TPSA) is 71.7 Å². The molecule has 1 saturated heterocycles. The van der Waals surface area contributed by atoms with Crippen LogP contribution in [-0.2, 0) is 16.6 Å². The highest BCUT2D eigenvalue weighted by Crippen LogP contribution is 2.27. The van der Waals surface area contributed by atoms with Gasteiger partial charge in [-0.05, 0) is 62.1 Å². The molecule has 0 bridgehead atoms. The zero-order chi connectivity index (χ0) is 23.6. The molecule has 1 amide bonds. The number of amides is 1. The number of carbonyl (C=O) groups is 1. The molecule has 1 atom stereocenters. The lowest BCUT2D eigenvalue weighted by Crippen LogP contribution is -2.43. The fraction of sp³-hybridized carbons (Fsp3) is 0.417. The van der Waals surface area contributed by atoms with Crippen LogP contribution >= 0.6 is 11.3 Å². The van der Waals surface area contributed by atoms with E-state index >= 15 is 0 Å². The average Bonchev–Trinajstić information content (AvgIpc) is 3.17. The summed E-state index contributed by atoms with van der Waals surface area (Å²) >= 11 is 1.26. The second-order valence-electron chi connectivity index (χ2n) is 8.24. The number of piperidine rings is 1. The fourth-order valence-electron chi connectivity index (χ4n) is 4.36. The Morgan fingerprint density at radius 1 is 1.15 bits per heavy atom. The number of rotatable bonds is 6. The largest absolute Gasteiger partial charge is 0.314 e. The van der Waals surface area contributed by atoms with E-state index in [4.69, 9.17) is 0 Å². The zero-order valence-electron chi connectivity index (χ0n) is 18.8. The Morgan fingerprint density at radius 2 is 1.91 bits per heavy atom. The molecule has 9 heteroatoms. The van der Waals surface area contributed by atoms with Gasteiger partial charge in [0.1, 0.15) is 5.82 Å². The molecule has 2 heterocycles. The average molecular weight is 490 g/mol. The van der Waals surface area contributed by atoms with Gasteiger partial charge in [0.15, 0.2) is 4.80 Å². The Morgan fingerprint density at radius 3 is 2.61 bits per heavy atom. The summed E-state index contributed by atoms with van der Waals surface area (Å²) in [5.41, 5.74) is 0.741. The van der Waals surface area contributed by atoms with Crippen LogP contribution in [0, 0.1) is 5.82 Å². The van der Waals surface area contributed by atoms with Crippen LogP contribution in [0.5, 0.6) is 0 Å². The van der Waals surface area contributed by atoms with E-state index in [1.54, 1.807) is 14.9 Å². The maximum atomic E-state index is 14.4. The minimum Gasteiger partial charge on any atom is -0.314 e. The highest BCUT2D eigenvalue weighted by atomic mass is 32.2. The summed E-state index contributed by atoms with van der Waals surface area (Å²) in [6.07, 6.45) is 4.32. The number of hydrogen-bond donors (Lipinski definition) is 0. The number of carbonyl (C=O) groups excluding carboxylic acids is 1. The van der Waals surface area contributed by atoms with Crippen molar-refractivity contribution in [3.05, 3.63) is 58.6 Å². The molecule has 1 fully saturated rings. The van der Waals surface area contributed by atoms with Gasteiger partial charge in [-0.1, -0.05) is 37.7 Å². The molecule has 0 N–H and O–H groups in total. The Kier molecular flexibility index (Phi) is 7.11. The minimum absolute atomic E-state index is 0.0161. The number of sulfonamides is 1. The summed E-state index contributed by atoms with van der Waals surface area (Å²) in [6.45, 7) is 5.05. The summed E-state index contributed by atoms with van der Waals surface area (Å²) in [5.74, 6) is -0.830. The van der Waals surface area contributed by atoms with E-state index in [1.165, 1.54) is 41.7 Å². The minimum atomic E-state index is -3.61. The molecule has 4 rings (SSSR count). The maximum Gasteiger partial charge on any atom is 0.279 e. The van der Waals surface area contributed by atoms with E-state index < -0.39 is 15.9 Å². The lowest BCUT2D eigenvalue weighted by atomic mass is 10.0. The third kappa shape index (κ3) is 4.67. The first-order valence-corrected chi connectivity index (χ1v) is 13.6. The molecule has 0 spiro atoms. The van der Waals surface area contributed by atoms with Gasteiger partial charge in [-0.25, -0.2) is 12.8 Å². The highest BCUT2D eigenvalue weighted by molar-refractivity contribution is 7.89. The van der Waals surface area contributed by atoms with Crippen LogP contribution in [0.15, 0.2) is 52.4 Å². The molecular formula is C24H28FN3O3S2. The molecule has 1 aromatic heterocycles. The molecule has 0 aliphatic carbocycles. The van der Waals surface area contributed by atoms with Crippen molar-refractivity contribution in [2.45, 2.75) is 63.4 Å². The van der Waals surface area contributed by atoms with Crippen molar-refractivity contribution in [2.75, 3.05) is 6.54 Å². The lowest BCUT2D eigenvalue weighted by molar-refractivity contribution is 0.0997.